The minimum atomic E-state index is -2.30. The Morgan fingerprint density at radius 1 is 1.27 bits per heavy atom. The third kappa shape index (κ3) is 6.76. The molecule has 0 aromatic rings. The first-order valence-electron chi connectivity index (χ1n) is 4.46. The van der Waals surface area contributed by atoms with Gasteiger partial charge in [-0.05, 0) is 12.8 Å². The van der Waals surface area contributed by atoms with Crippen LogP contribution in [0.15, 0.2) is 23.8 Å². The molecule has 0 unspecified atom stereocenters. The first-order chi connectivity index (χ1) is 7.28. The minimum absolute atomic E-state index is 1.20. The molecule has 0 saturated heterocycles. The van der Waals surface area contributed by atoms with E-state index in [2.05, 4.69) is 25.2 Å². The standard InChI is InChI=1S/C8H12.3CO.Mn/c1-2-5-8-6-3-4-7-8;3*1-2;/h3-4,6H,2,5,7H2,1H3;;;;. The van der Waals surface area contributed by atoms with Gasteiger partial charge in [0.05, 0.1) is 0 Å². The molecule has 0 saturated carbocycles. The van der Waals surface area contributed by atoms with Gasteiger partial charge in [-0.2, -0.15) is 0 Å². The van der Waals surface area contributed by atoms with E-state index < -0.39 is 12.6 Å². The first kappa shape index (κ1) is 13.7. The van der Waals surface area contributed by atoms with E-state index >= 15 is 0 Å². The second kappa shape index (κ2) is 9.30. The Balaban J connectivity index is 0.000000265. The normalized spacial score (nSPS) is 11.4. The van der Waals surface area contributed by atoms with Crippen LogP contribution in [0.3, 0.4) is 0 Å². The van der Waals surface area contributed by atoms with E-state index in [1.165, 1.54) is 33.6 Å². The molecule has 1 aliphatic rings. The molecule has 1 rings (SSSR count). The predicted molar refractivity (Wildman–Crippen MR) is 53.8 cm³/mol. The maximum absolute atomic E-state index is 9.36. The quantitative estimate of drug-likeness (QED) is 0.694. The van der Waals surface area contributed by atoms with E-state index in [1.807, 2.05) is 0 Å². The molecule has 3 nitrogen and oxygen atoms in total. The first-order valence-corrected chi connectivity index (χ1v) is 6.23. The SMILES string of the molecule is CCCC1=CC=CC1.O=[C]=[Mn](=[C]=O)=[C]=O. The number of hydrogen-bond acceptors (Lipinski definition) is 3. The molecule has 0 bridgehead atoms. The van der Waals surface area contributed by atoms with E-state index in [9.17, 15) is 14.4 Å². The molecule has 0 fully saturated rings. The molecule has 81 valence electrons. The van der Waals surface area contributed by atoms with Crippen molar-refractivity contribution >= 4 is 14.4 Å². The van der Waals surface area contributed by atoms with Crippen LogP contribution in [-0.4, -0.2) is 14.4 Å². The van der Waals surface area contributed by atoms with Crippen LogP contribution in [-0.2, 0) is 27.0 Å². The Labute approximate surface area is 91.6 Å². The monoisotopic (exact) mass is 247 g/mol. The zero-order chi connectivity index (χ0) is 11.5. The zero-order valence-electron chi connectivity index (χ0n) is 8.46. The molecule has 0 spiro atoms. The molecule has 0 heterocycles. The third-order valence-corrected chi connectivity index (χ3v) is 2.37. The van der Waals surface area contributed by atoms with Gasteiger partial charge in [0.15, 0.2) is 0 Å². The van der Waals surface area contributed by atoms with Gasteiger partial charge >= 0.3 is 41.3 Å². The Morgan fingerprint density at radius 2 is 1.87 bits per heavy atom. The summed E-state index contributed by atoms with van der Waals surface area (Å²) in [7, 11) is 0. The third-order valence-electron chi connectivity index (χ3n) is 1.65. The summed E-state index contributed by atoms with van der Waals surface area (Å²) in [4.78, 5) is 31.7. The summed E-state index contributed by atoms with van der Waals surface area (Å²) >= 11 is -2.30. The summed E-state index contributed by atoms with van der Waals surface area (Å²) in [6.45, 7) is 2.22. The van der Waals surface area contributed by atoms with Crippen LogP contribution in [0.25, 0.3) is 0 Å². The predicted octanol–water partition coefficient (Wildman–Crippen LogP) is 1.48. The fourth-order valence-electron chi connectivity index (χ4n) is 1.05. The molecule has 0 radical (unpaired) electrons. The van der Waals surface area contributed by atoms with Gasteiger partial charge in [-0.3, -0.25) is 0 Å². The van der Waals surface area contributed by atoms with Crippen LogP contribution >= 0.6 is 0 Å². The van der Waals surface area contributed by atoms with Crippen LogP contribution in [0.4, 0.5) is 0 Å². The van der Waals surface area contributed by atoms with E-state index in [4.69, 9.17) is 0 Å². The van der Waals surface area contributed by atoms with Gasteiger partial charge in [-0.15, -0.1) is 0 Å². The summed E-state index contributed by atoms with van der Waals surface area (Å²) in [5.41, 5.74) is 1.59. The number of hydrogen-bond donors (Lipinski definition) is 0. The summed E-state index contributed by atoms with van der Waals surface area (Å²) in [5, 5.41) is 0. The fourth-order valence-corrected chi connectivity index (χ4v) is 1.19. The average molecular weight is 247 g/mol. The number of carbonyl (C=O) groups excluding carboxylic acids is 3. The number of rotatable bonds is 2. The average Bonchev–Trinajstić information content (AvgIpc) is 2.75. The van der Waals surface area contributed by atoms with Gasteiger partial charge in [-0.25, -0.2) is 0 Å². The molecule has 0 aromatic carbocycles. The number of allylic oxidation sites excluding steroid dienone is 4. The molecule has 0 aromatic heterocycles. The molecule has 0 amide bonds. The van der Waals surface area contributed by atoms with Crippen molar-refractivity contribution in [2.45, 2.75) is 26.2 Å². The van der Waals surface area contributed by atoms with Crippen molar-refractivity contribution in [2.24, 2.45) is 0 Å². The Bertz CT molecular complexity index is 418. The second-order valence-electron chi connectivity index (χ2n) is 2.72. The van der Waals surface area contributed by atoms with Crippen molar-refractivity contribution in [1.29, 1.82) is 0 Å². The van der Waals surface area contributed by atoms with E-state index in [0.717, 1.165) is 0 Å². The maximum atomic E-state index is 9.36. The summed E-state index contributed by atoms with van der Waals surface area (Å²) in [6.07, 6.45) is 10.4. The van der Waals surface area contributed by atoms with Gasteiger partial charge in [0, 0.05) is 0 Å². The topological polar surface area (TPSA) is 51.2 Å². The molecule has 0 aliphatic heterocycles. The second-order valence-corrected chi connectivity index (χ2v) is 4.33. The van der Waals surface area contributed by atoms with Crippen molar-refractivity contribution in [3.63, 3.8) is 0 Å². The van der Waals surface area contributed by atoms with Crippen molar-refractivity contribution < 1.29 is 27.0 Å². The summed E-state index contributed by atoms with van der Waals surface area (Å²) in [6, 6.07) is 0. The van der Waals surface area contributed by atoms with Gasteiger partial charge < -0.3 is 0 Å². The fraction of sp³-hybridized carbons (Fsp3) is 0.364. The van der Waals surface area contributed by atoms with Gasteiger partial charge in [0.1, 0.15) is 0 Å². The van der Waals surface area contributed by atoms with Crippen LogP contribution in [0.1, 0.15) is 26.2 Å². The Hall–Kier alpha value is -1.26. The van der Waals surface area contributed by atoms with E-state index in [1.54, 1.807) is 5.57 Å². The van der Waals surface area contributed by atoms with Gasteiger partial charge in [-0.1, -0.05) is 37.1 Å². The molecule has 15 heavy (non-hydrogen) atoms. The van der Waals surface area contributed by atoms with Crippen molar-refractivity contribution in [2.75, 3.05) is 0 Å². The van der Waals surface area contributed by atoms with Gasteiger partial charge in [0.25, 0.3) is 0 Å². The van der Waals surface area contributed by atoms with Crippen LogP contribution in [0, 0.1) is 0 Å². The molecule has 4 heteroatoms. The van der Waals surface area contributed by atoms with Crippen LogP contribution in [0.2, 0.25) is 0 Å². The van der Waals surface area contributed by atoms with E-state index in [0.29, 0.717) is 0 Å². The van der Waals surface area contributed by atoms with Crippen LogP contribution < -0.4 is 0 Å². The molecule has 0 N–H and O–H groups in total. The summed E-state index contributed by atoms with van der Waals surface area (Å²) < 4.78 is 0. The Morgan fingerprint density at radius 3 is 2.13 bits per heavy atom. The van der Waals surface area contributed by atoms with Gasteiger partial charge in [0.2, 0.25) is 0 Å². The Kier molecular flexibility index (Phi) is 8.52. The summed E-state index contributed by atoms with van der Waals surface area (Å²) in [5.74, 6) is 0. The molecule has 0 atom stereocenters. The van der Waals surface area contributed by atoms with E-state index in [-0.39, 0.29) is 0 Å². The van der Waals surface area contributed by atoms with Crippen molar-refractivity contribution in [3.05, 3.63) is 23.8 Å². The van der Waals surface area contributed by atoms with Crippen LogP contribution in [0.5, 0.6) is 0 Å². The molecular formula is C11H12MnO3. The van der Waals surface area contributed by atoms with Crippen molar-refractivity contribution in [3.8, 4) is 0 Å². The van der Waals surface area contributed by atoms with Crippen molar-refractivity contribution in [1.82, 2.24) is 0 Å². The zero-order valence-corrected chi connectivity index (χ0v) is 9.64. The molecule has 1 aliphatic carbocycles. The molecular weight excluding hydrogens is 235 g/mol.